The molecule has 0 aliphatic carbocycles. The van der Waals surface area contributed by atoms with E-state index in [2.05, 4.69) is 54.9 Å². The van der Waals surface area contributed by atoms with Crippen molar-refractivity contribution in [3.05, 3.63) is 52.2 Å². The lowest BCUT2D eigenvalue weighted by molar-refractivity contribution is 0.129. The van der Waals surface area contributed by atoms with Crippen LogP contribution in [0.3, 0.4) is 0 Å². The highest BCUT2D eigenvalue weighted by atomic mass is 35.5. The normalized spacial score (nSPS) is 19.5. The monoisotopic (exact) mass is 389 g/mol. The second-order valence-electron chi connectivity index (χ2n) is 7.83. The van der Waals surface area contributed by atoms with Gasteiger partial charge in [0.25, 0.3) is 0 Å². The minimum atomic E-state index is -0.137. The maximum atomic E-state index is 6.66. The lowest BCUT2D eigenvalue weighted by Crippen LogP contribution is -2.47. The molecule has 0 fully saturated rings. The van der Waals surface area contributed by atoms with Gasteiger partial charge in [0.1, 0.15) is 0 Å². The molecule has 3 rings (SSSR count). The Labute approximate surface area is 168 Å². The number of fused-ring (bicyclic) bond motifs is 1. The van der Waals surface area contributed by atoms with E-state index in [1.807, 2.05) is 12.3 Å². The predicted molar refractivity (Wildman–Crippen MR) is 115 cm³/mol. The van der Waals surface area contributed by atoms with Gasteiger partial charge in [-0.2, -0.15) is 0 Å². The van der Waals surface area contributed by atoms with E-state index >= 15 is 0 Å². The molecule has 2 aliphatic heterocycles. The van der Waals surface area contributed by atoms with Gasteiger partial charge in [0.2, 0.25) is 0 Å². The van der Waals surface area contributed by atoms with Crippen LogP contribution in [0.4, 0.5) is 5.69 Å². The maximum absolute atomic E-state index is 6.66. The third kappa shape index (κ3) is 4.87. The molecule has 3 N–H and O–H groups in total. The van der Waals surface area contributed by atoms with Crippen LogP contribution >= 0.6 is 11.6 Å². The number of ether oxygens (including phenoxy) is 1. The molecule has 2 aliphatic rings. The van der Waals surface area contributed by atoms with Crippen molar-refractivity contribution in [1.82, 2.24) is 10.6 Å². The van der Waals surface area contributed by atoms with E-state index < -0.39 is 0 Å². The zero-order chi connectivity index (χ0) is 19.3. The topological polar surface area (TPSA) is 45.3 Å². The first kappa shape index (κ1) is 20.2. The fourth-order valence-corrected chi connectivity index (χ4v) is 4.11. The molecule has 0 radical (unpaired) electrons. The van der Waals surface area contributed by atoms with Gasteiger partial charge in [0.05, 0.1) is 28.9 Å². The van der Waals surface area contributed by atoms with E-state index in [9.17, 15) is 0 Å². The Kier molecular flexibility index (Phi) is 6.85. The van der Waals surface area contributed by atoms with Crippen LogP contribution in [0, 0.1) is 0 Å². The average Bonchev–Trinajstić information content (AvgIpc) is 2.88. The van der Waals surface area contributed by atoms with Crippen LogP contribution in [0.25, 0.3) is 0 Å². The van der Waals surface area contributed by atoms with Crippen LogP contribution in [-0.2, 0) is 17.6 Å². The van der Waals surface area contributed by atoms with Crippen molar-refractivity contribution >= 4 is 17.3 Å². The molecule has 5 heteroatoms. The van der Waals surface area contributed by atoms with Gasteiger partial charge in [-0.1, -0.05) is 30.7 Å². The summed E-state index contributed by atoms with van der Waals surface area (Å²) in [7, 11) is 0. The van der Waals surface area contributed by atoms with Gasteiger partial charge >= 0.3 is 0 Å². The second kappa shape index (κ2) is 9.13. The lowest BCUT2D eigenvalue weighted by atomic mass is 9.86. The van der Waals surface area contributed by atoms with Crippen molar-refractivity contribution in [3.8, 4) is 0 Å². The first-order valence-electron chi connectivity index (χ1n) is 10.0. The number of allylic oxidation sites excluding steroid dienone is 2. The third-order valence-corrected chi connectivity index (χ3v) is 5.66. The Balaban J connectivity index is 1.92. The summed E-state index contributed by atoms with van der Waals surface area (Å²) in [6.07, 6.45) is 9.30. The van der Waals surface area contributed by atoms with Crippen LogP contribution in [0.2, 0.25) is 5.02 Å². The summed E-state index contributed by atoms with van der Waals surface area (Å²) < 4.78 is 5.96. The molecule has 0 bridgehead atoms. The fourth-order valence-electron chi connectivity index (χ4n) is 3.88. The van der Waals surface area contributed by atoms with E-state index in [1.54, 1.807) is 0 Å². The third-order valence-electron chi connectivity index (χ3n) is 5.35. The first-order valence-corrected chi connectivity index (χ1v) is 10.4. The summed E-state index contributed by atoms with van der Waals surface area (Å²) in [6, 6.07) is 4.26. The van der Waals surface area contributed by atoms with E-state index in [1.165, 1.54) is 16.7 Å². The van der Waals surface area contributed by atoms with Crippen molar-refractivity contribution in [2.75, 3.05) is 31.6 Å². The molecule has 0 saturated heterocycles. The van der Waals surface area contributed by atoms with Crippen LogP contribution in [-0.4, -0.2) is 37.9 Å². The summed E-state index contributed by atoms with van der Waals surface area (Å²) in [4.78, 5) is 0. The number of benzene rings is 1. The SMILES string of the molecule is CCCOCC(Nc1c(Cl)ccc2c1CCNCC2)C1=CC=CNC1(C)C. The zero-order valence-corrected chi connectivity index (χ0v) is 17.5. The molecule has 1 aromatic rings. The molecular formula is C22H32ClN3O. The van der Waals surface area contributed by atoms with Crippen molar-refractivity contribution in [2.45, 2.75) is 51.6 Å². The number of hydrogen-bond acceptors (Lipinski definition) is 4. The Morgan fingerprint density at radius 2 is 2.07 bits per heavy atom. The summed E-state index contributed by atoms with van der Waals surface area (Å²) in [5.41, 5.74) is 4.93. The molecule has 27 heavy (non-hydrogen) atoms. The van der Waals surface area contributed by atoms with Gasteiger partial charge in [-0.15, -0.1) is 0 Å². The van der Waals surface area contributed by atoms with Crippen molar-refractivity contribution in [1.29, 1.82) is 0 Å². The smallest absolute Gasteiger partial charge is 0.0733 e. The highest BCUT2D eigenvalue weighted by molar-refractivity contribution is 6.33. The van der Waals surface area contributed by atoms with Gasteiger partial charge < -0.3 is 20.7 Å². The molecule has 0 spiro atoms. The van der Waals surface area contributed by atoms with Gasteiger partial charge in [0, 0.05) is 6.61 Å². The Morgan fingerprint density at radius 1 is 1.26 bits per heavy atom. The number of anilines is 1. The molecule has 1 unspecified atom stereocenters. The molecule has 0 saturated carbocycles. The van der Waals surface area contributed by atoms with E-state index in [0.29, 0.717) is 6.61 Å². The lowest BCUT2D eigenvalue weighted by Gasteiger charge is -2.37. The number of dihydropyridines is 1. The molecule has 1 aromatic carbocycles. The minimum absolute atomic E-state index is 0.0595. The Morgan fingerprint density at radius 3 is 2.85 bits per heavy atom. The molecule has 4 nitrogen and oxygen atoms in total. The average molecular weight is 390 g/mol. The van der Waals surface area contributed by atoms with Crippen molar-refractivity contribution < 1.29 is 4.74 Å². The fraction of sp³-hybridized carbons (Fsp3) is 0.545. The Bertz CT molecular complexity index is 712. The van der Waals surface area contributed by atoms with Gasteiger partial charge in [0.15, 0.2) is 0 Å². The number of hydrogen-bond donors (Lipinski definition) is 3. The number of halogens is 1. The van der Waals surface area contributed by atoms with Crippen LogP contribution < -0.4 is 16.0 Å². The standard InChI is InChI=1S/C22H32ClN3O/c1-4-14-27-15-20(18-6-5-11-25-22(18,2)3)26-21-17-10-13-24-12-9-16(17)7-8-19(21)23/h5-8,11,20,24-26H,4,9-10,12-15H2,1-3H3. The van der Waals surface area contributed by atoms with Crippen LogP contribution in [0.1, 0.15) is 38.3 Å². The van der Waals surface area contributed by atoms with Crippen LogP contribution in [0.15, 0.2) is 36.1 Å². The summed E-state index contributed by atoms with van der Waals surface area (Å²) >= 11 is 6.66. The van der Waals surface area contributed by atoms with E-state index in [4.69, 9.17) is 16.3 Å². The summed E-state index contributed by atoms with van der Waals surface area (Å²) in [6.45, 7) is 9.93. The highest BCUT2D eigenvalue weighted by Gasteiger charge is 2.31. The molecule has 1 atom stereocenters. The summed E-state index contributed by atoms with van der Waals surface area (Å²) in [5.74, 6) is 0. The zero-order valence-electron chi connectivity index (χ0n) is 16.7. The quantitative estimate of drug-likeness (QED) is 0.615. The number of rotatable bonds is 7. The first-order chi connectivity index (χ1) is 13.0. The van der Waals surface area contributed by atoms with Crippen LogP contribution in [0.5, 0.6) is 0 Å². The largest absolute Gasteiger partial charge is 0.382 e. The van der Waals surface area contributed by atoms with E-state index in [0.717, 1.165) is 49.7 Å². The highest BCUT2D eigenvalue weighted by Crippen LogP contribution is 2.33. The number of nitrogens with one attached hydrogen (secondary N) is 3. The summed E-state index contributed by atoms with van der Waals surface area (Å²) in [5, 5.41) is 11.5. The minimum Gasteiger partial charge on any atom is -0.382 e. The van der Waals surface area contributed by atoms with Crippen molar-refractivity contribution in [3.63, 3.8) is 0 Å². The second-order valence-corrected chi connectivity index (χ2v) is 8.24. The molecule has 0 aromatic heterocycles. The molecule has 0 amide bonds. The maximum Gasteiger partial charge on any atom is 0.0733 e. The van der Waals surface area contributed by atoms with Gasteiger partial charge in [-0.05, 0) is 81.2 Å². The molecule has 2 heterocycles. The molecule has 148 valence electrons. The van der Waals surface area contributed by atoms with Gasteiger partial charge in [-0.3, -0.25) is 0 Å². The van der Waals surface area contributed by atoms with E-state index in [-0.39, 0.29) is 11.6 Å². The van der Waals surface area contributed by atoms with Crippen molar-refractivity contribution in [2.24, 2.45) is 0 Å². The predicted octanol–water partition coefficient (Wildman–Crippen LogP) is 4.06. The van der Waals surface area contributed by atoms with Gasteiger partial charge in [-0.25, -0.2) is 0 Å². The molecular weight excluding hydrogens is 358 g/mol. The Hall–Kier alpha value is -1.49.